The lowest BCUT2D eigenvalue weighted by molar-refractivity contribution is 0.00193. The molecule has 1 N–H and O–H groups in total. The molecule has 1 fully saturated rings. The van der Waals surface area contributed by atoms with Gasteiger partial charge in [-0.15, -0.1) is 10.2 Å². The van der Waals surface area contributed by atoms with E-state index in [9.17, 15) is 8.42 Å². The molecular weight excluding hydrogens is 488 g/mol. The Kier molecular flexibility index (Phi) is 9.18. The molecule has 0 amide bonds. The highest BCUT2D eigenvalue weighted by atomic mass is 35.5. The molecule has 3 rings (SSSR count). The highest BCUT2D eigenvalue weighted by molar-refractivity contribution is 7.93. The molecule has 3 heterocycles. The van der Waals surface area contributed by atoms with E-state index in [2.05, 4.69) is 24.9 Å². The normalized spacial score (nSPS) is 21.4. The maximum absolute atomic E-state index is 13.3. The summed E-state index contributed by atoms with van der Waals surface area (Å²) in [6.45, 7) is 3.87. The topological polar surface area (TPSA) is 140 Å². The largest absolute Gasteiger partial charge is 0.385 e. The van der Waals surface area contributed by atoms with Gasteiger partial charge >= 0.3 is 0 Å². The van der Waals surface area contributed by atoms with Crippen molar-refractivity contribution in [2.45, 2.75) is 62.9 Å². The predicted octanol–water partition coefficient (Wildman–Crippen LogP) is 2.66. The minimum absolute atomic E-state index is 0.0137. The zero-order valence-electron chi connectivity index (χ0n) is 19.8. The van der Waals surface area contributed by atoms with Crippen molar-refractivity contribution >= 4 is 27.6 Å². The Balaban J connectivity index is 1.93. The van der Waals surface area contributed by atoms with Crippen molar-refractivity contribution in [3.05, 3.63) is 29.1 Å². The number of methoxy groups -OCH3 is 3. The number of sulfonamides is 1. The Morgan fingerprint density at radius 3 is 2.47 bits per heavy atom. The van der Waals surface area contributed by atoms with E-state index < -0.39 is 27.6 Å². The van der Waals surface area contributed by atoms with Gasteiger partial charge in [0.15, 0.2) is 11.6 Å². The first-order valence-electron chi connectivity index (χ1n) is 10.9. The van der Waals surface area contributed by atoms with Gasteiger partial charge in [-0.2, -0.15) is 0 Å². The smallest absolute Gasteiger partial charge is 0.240 e. The fourth-order valence-electron chi connectivity index (χ4n) is 3.80. The van der Waals surface area contributed by atoms with Crippen LogP contribution >= 0.6 is 11.6 Å². The maximum Gasteiger partial charge on any atom is 0.240 e. The first kappa shape index (κ1) is 26.7. The second kappa shape index (κ2) is 11.7. The molecule has 34 heavy (non-hydrogen) atoms. The van der Waals surface area contributed by atoms with Crippen LogP contribution in [0.15, 0.2) is 12.4 Å². The molecule has 2 aromatic rings. The minimum Gasteiger partial charge on any atom is -0.385 e. The van der Waals surface area contributed by atoms with E-state index in [-0.39, 0.29) is 24.0 Å². The second-order valence-corrected chi connectivity index (χ2v) is 10.5. The molecule has 5 atom stereocenters. The quantitative estimate of drug-likeness (QED) is 0.445. The van der Waals surface area contributed by atoms with E-state index in [0.717, 1.165) is 12.8 Å². The average molecular weight is 519 g/mol. The molecular formula is C20H31ClN6O6S. The van der Waals surface area contributed by atoms with Crippen LogP contribution in [0.1, 0.15) is 63.2 Å². The fourth-order valence-corrected chi connectivity index (χ4v) is 5.03. The third-order valence-corrected chi connectivity index (χ3v) is 7.56. The van der Waals surface area contributed by atoms with Crippen molar-refractivity contribution in [3.63, 3.8) is 0 Å². The lowest BCUT2D eigenvalue weighted by Crippen LogP contribution is -2.34. The average Bonchev–Trinajstić information content (AvgIpc) is 3.42. The number of anilines is 1. The molecule has 0 radical (unpaired) electrons. The summed E-state index contributed by atoms with van der Waals surface area (Å²) in [5.74, 6) is 0.692. The molecule has 1 aliphatic heterocycles. The second-order valence-electron chi connectivity index (χ2n) is 8.00. The number of nitrogens with one attached hydrogen (secondary N) is 1. The summed E-state index contributed by atoms with van der Waals surface area (Å²) < 4.78 is 53.1. The number of hydrogen-bond donors (Lipinski definition) is 1. The highest BCUT2D eigenvalue weighted by Gasteiger charge is 2.36. The van der Waals surface area contributed by atoms with Crippen LogP contribution in [0.2, 0.25) is 5.02 Å². The Bertz CT molecular complexity index is 1040. The van der Waals surface area contributed by atoms with Crippen LogP contribution in [0.3, 0.4) is 0 Å². The van der Waals surface area contributed by atoms with Gasteiger partial charge < -0.3 is 18.9 Å². The van der Waals surface area contributed by atoms with Crippen molar-refractivity contribution in [1.82, 2.24) is 24.7 Å². The molecule has 2 aromatic heterocycles. The van der Waals surface area contributed by atoms with Crippen molar-refractivity contribution in [3.8, 4) is 0 Å². The lowest BCUT2D eigenvalue weighted by Gasteiger charge is -2.25. The highest BCUT2D eigenvalue weighted by Crippen LogP contribution is 2.35. The summed E-state index contributed by atoms with van der Waals surface area (Å²) in [6, 6.07) is 0. The van der Waals surface area contributed by atoms with Crippen LogP contribution in [0.4, 0.5) is 5.95 Å². The summed E-state index contributed by atoms with van der Waals surface area (Å²) in [7, 11) is 0.471. The van der Waals surface area contributed by atoms with E-state index in [0.29, 0.717) is 23.9 Å². The van der Waals surface area contributed by atoms with Crippen LogP contribution < -0.4 is 4.72 Å². The lowest BCUT2D eigenvalue weighted by atomic mass is 10.2. The molecule has 1 saturated heterocycles. The van der Waals surface area contributed by atoms with Crippen LogP contribution in [0.25, 0.3) is 0 Å². The van der Waals surface area contributed by atoms with E-state index in [4.69, 9.17) is 30.5 Å². The van der Waals surface area contributed by atoms with Gasteiger partial charge in [0.2, 0.25) is 16.0 Å². The van der Waals surface area contributed by atoms with Gasteiger partial charge in [-0.05, 0) is 26.7 Å². The van der Waals surface area contributed by atoms with Gasteiger partial charge in [-0.1, -0.05) is 11.6 Å². The van der Waals surface area contributed by atoms with E-state index in [1.54, 1.807) is 11.7 Å². The van der Waals surface area contributed by atoms with Crippen molar-refractivity contribution in [1.29, 1.82) is 0 Å². The number of halogens is 1. The number of rotatable bonds is 12. The molecule has 0 aliphatic carbocycles. The molecule has 0 aromatic carbocycles. The molecule has 14 heteroatoms. The molecule has 1 unspecified atom stereocenters. The van der Waals surface area contributed by atoms with Crippen molar-refractivity contribution in [2.75, 3.05) is 32.7 Å². The third kappa shape index (κ3) is 6.01. The molecule has 190 valence electrons. The van der Waals surface area contributed by atoms with Crippen molar-refractivity contribution in [2.24, 2.45) is 0 Å². The third-order valence-electron chi connectivity index (χ3n) is 5.67. The number of ether oxygens (including phenoxy) is 4. The summed E-state index contributed by atoms with van der Waals surface area (Å²) in [5.41, 5.74) is 0. The Morgan fingerprint density at radius 1 is 1.21 bits per heavy atom. The number of aromatic nitrogens is 5. The molecule has 0 saturated carbocycles. The van der Waals surface area contributed by atoms with Crippen LogP contribution in [-0.2, 0) is 29.0 Å². The van der Waals surface area contributed by atoms with E-state index in [1.807, 2.05) is 6.92 Å². The summed E-state index contributed by atoms with van der Waals surface area (Å²) in [4.78, 5) is 8.21. The first-order chi connectivity index (χ1) is 16.2. The number of hydrogen-bond acceptors (Lipinski definition) is 10. The summed E-state index contributed by atoms with van der Waals surface area (Å²) >= 11 is 5.85. The standard InChI is InChI=1S/C20H31ClN6O6S/c1-12-6-7-15(33-12)19-24-25-20(27(19)16(31-4)8-9-30-3)26-34(28,29)13(2)17(32-5)18-22-10-14(21)11-23-18/h10-13,15-17H,6-9H2,1-5H3,(H,25,26)/t12-,13-,15-,16?,17-/m0/s1. The molecule has 1 aliphatic rings. The van der Waals surface area contributed by atoms with E-state index in [1.165, 1.54) is 33.5 Å². The zero-order valence-corrected chi connectivity index (χ0v) is 21.4. The van der Waals surface area contributed by atoms with Crippen LogP contribution in [-0.4, -0.2) is 72.4 Å². The fraction of sp³-hybridized carbons (Fsp3) is 0.700. The minimum atomic E-state index is -4.03. The summed E-state index contributed by atoms with van der Waals surface area (Å²) in [5, 5.41) is 7.65. The monoisotopic (exact) mass is 518 g/mol. The van der Waals surface area contributed by atoms with Crippen molar-refractivity contribution < 1.29 is 27.4 Å². The molecule has 0 bridgehead atoms. The number of nitrogens with zero attached hydrogens (tertiary/aromatic N) is 5. The van der Waals surface area contributed by atoms with Gasteiger partial charge in [0.25, 0.3) is 0 Å². The first-order valence-corrected chi connectivity index (χ1v) is 12.8. The molecule has 12 nitrogen and oxygen atoms in total. The Labute approximate surface area is 204 Å². The van der Waals surface area contributed by atoms with Gasteiger partial charge in [0.1, 0.15) is 23.7 Å². The SMILES string of the molecule is COCCC(OC)n1c(NS(=O)(=O)[C@@H](C)[C@H](OC)c2ncc(Cl)cn2)nnc1[C@@H]1CC[C@H](C)O1. The van der Waals surface area contributed by atoms with Crippen LogP contribution in [0, 0.1) is 0 Å². The van der Waals surface area contributed by atoms with Crippen LogP contribution in [0.5, 0.6) is 0 Å². The van der Waals surface area contributed by atoms with Gasteiger partial charge in [-0.25, -0.2) is 18.4 Å². The van der Waals surface area contributed by atoms with Gasteiger partial charge in [-0.3, -0.25) is 9.29 Å². The Hall–Kier alpha value is -1.90. The van der Waals surface area contributed by atoms with Gasteiger partial charge in [0.05, 0.1) is 17.7 Å². The summed E-state index contributed by atoms with van der Waals surface area (Å²) in [6.07, 6.45) is 3.03. The maximum atomic E-state index is 13.3. The molecule has 0 spiro atoms. The van der Waals surface area contributed by atoms with Gasteiger partial charge in [0, 0.05) is 40.1 Å². The Morgan fingerprint density at radius 2 is 1.91 bits per heavy atom. The zero-order chi connectivity index (χ0) is 24.9. The van der Waals surface area contributed by atoms with E-state index >= 15 is 0 Å². The predicted molar refractivity (Wildman–Crippen MR) is 124 cm³/mol.